The van der Waals surface area contributed by atoms with Crippen LogP contribution in [0, 0.1) is 0 Å². The Hall–Kier alpha value is -0.500. The van der Waals surface area contributed by atoms with E-state index in [1.165, 1.54) is 6.20 Å². The minimum absolute atomic E-state index is 0.0926. The normalized spacial score (nSPS) is 12.5. The molecule has 8 heavy (non-hydrogen) atoms. The lowest BCUT2D eigenvalue weighted by atomic mass is 10.4. The van der Waals surface area contributed by atoms with E-state index in [-0.39, 0.29) is 6.04 Å². The van der Waals surface area contributed by atoms with Crippen LogP contribution in [0.4, 0.5) is 0 Å². The van der Waals surface area contributed by atoms with Crippen LogP contribution in [0.1, 0.15) is 20.8 Å². The van der Waals surface area contributed by atoms with Crippen LogP contribution in [-0.2, 0) is 0 Å². The number of hydrogen-bond donors (Lipinski definition) is 2. The van der Waals surface area contributed by atoms with Gasteiger partial charge in [0.2, 0.25) is 0 Å². The fourth-order valence-electron chi connectivity index (χ4n) is 0.175. The van der Waals surface area contributed by atoms with Crippen molar-refractivity contribution in [1.29, 1.82) is 0 Å². The molecule has 0 aromatic heterocycles. The minimum Gasteiger partial charge on any atom is -0.405 e. The fourth-order valence-corrected chi connectivity index (χ4v) is 0.175. The fraction of sp³-hybridized carbons (Fsp3) is 0.667. The number of hydrogen-bond acceptors (Lipinski definition) is 2. The van der Waals surface area contributed by atoms with Gasteiger partial charge in [0.1, 0.15) is 0 Å². The smallest absolute Gasteiger partial charge is 0.0211 e. The molecule has 0 aliphatic carbocycles. The summed E-state index contributed by atoms with van der Waals surface area (Å²) in [5.74, 6) is 0. The molecule has 2 heteroatoms. The highest BCUT2D eigenvalue weighted by Gasteiger charge is 1.76. The van der Waals surface area contributed by atoms with Gasteiger partial charge in [-0.25, -0.2) is 0 Å². The zero-order valence-corrected chi connectivity index (χ0v) is 5.89. The molecule has 0 rings (SSSR count). The average molecular weight is 116 g/mol. The maximum atomic E-state index is 5.24. The van der Waals surface area contributed by atoms with Gasteiger partial charge in [0.25, 0.3) is 0 Å². The van der Waals surface area contributed by atoms with Crippen LogP contribution in [0.3, 0.4) is 0 Å². The van der Waals surface area contributed by atoms with Gasteiger partial charge in [0.05, 0.1) is 0 Å². The van der Waals surface area contributed by atoms with Crippen LogP contribution in [-0.4, -0.2) is 6.04 Å². The van der Waals surface area contributed by atoms with Gasteiger partial charge < -0.3 is 11.5 Å². The van der Waals surface area contributed by atoms with Crippen LogP contribution in [0.5, 0.6) is 0 Å². The summed E-state index contributed by atoms with van der Waals surface area (Å²) < 4.78 is 0. The van der Waals surface area contributed by atoms with E-state index in [1.54, 1.807) is 6.08 Å². The summed E-state index contributed by atoms with van der Waals surface area (Å²) in [6, 6.07) is 0.0926. The molecule has 0 spiro atoms. The lowest BCUT2D eigenvalue weighted by Crippen LogP contribution is -2.10. The van der Waals surface area contributed by atoms with Gasteiger partial charge in [-0.1, -0.05) is 19.9 Å². The zero-order chi connectivity index (χ0) is 6.99. The van der Waals surface area contributed by atoms with Crippen molar-refractivity contribution in [2.45, 2.75) is 26.8 Å². The van der Waals surface area contributed by atoms with Gasteiger partial charge in [-0.3, -0.25) is 0 Å². The second-order valence-electron chi connectivity index (χ2n) is 1.24. The Kier molecular flexibility index (Phi) is 12.7. The van der Waals surface area contributed by atoms with Crippen LogP contribution >= 0.6 is 0 Å². The average Bonchev–Trinajstić information content (AvgIpc) is 1.72. The SMILES string of the molecule is CC.CC(N)/C=C\N. The highest BCUT2D eigenvalue weighted by Crippen LogP contribution is 1.70. The number of nitrogens with two attached hydrogens (primary N) is 2. The molecule has 1 unspecified atom stereocenters. The molecule has 0 fully saturated rings. The summed E-state index contributed by atoms with van der Waals surface area (Å²) in [6.45, 7) is 5.86. The molecule has 0 saturated carbocycles. The molecule has 0 amide bonds. The Morgan fingerprint density at radius 3 is 1.75 bits per heavy atom. The largest absolute Gasteiger partial charge is 0.405 e. The molecular formula is C6H16N2. The van der Waals surface area contributed by atoms with Crippen molar-refractivity contribution in [1.82, 2.24) is 0 Å². The Bertz CT molecular complexity index is 48.5. The zero-order valence-electron chi connectivity index (χ0n) is 5.89. The third kappa shape index (κ3) is 17.8. The maximum Gasteiger partial charge on any atom is 0.0211 e. The first kappa shape index (κ1) is 10.5. The second-order valence-corrected chi connectivity index (χ2v) is 1.24. The van der Waals surface area contributed by atoms with E-state index in [2.05, 4.69) is 0 Å². The van der Waals surface area contributed by atoms with Crippen molar-refractivity contribution in [3.05, 3.63) is 12.3 Å². The Morgan fingerprint density at radius 1 is 1.38 bits per heavy atom. The molecule has 1 atom stereocenters. The van der Waals surface area contributed by atoms with Gasteiger partial charge in [-0.05, 0) is 13.1 Å². The van der Waals surface area contributed by atoms with Gasteiger partial charge in [0.15, 0.2) is 0 Å². The first-order valence-corrected chi connectivity index (χ1v) is 2.91. The third-order valence-electron chi connectivity index (χ3n) is 0.415. The highest BCUT2D eigenvalue weighted by molar-refractivity contribution is 4.83. The van der Waals surface area contributed by atoms with Gasteiger partial charge >= 0.3 is 0 Å². The molecule has 50 valence electrons. The van der Waals surface area contributed by atoms with Crippen LogP contribution in [0.2, 0.25) is 0 Å². The van der Waals surface area contributed by atoms with Gasteiger partial charge in [-0.15, -0.1) is 0 Å². The monoisotopic (exact) mass is 116 g/mol. The van der Waals surface area contributed by atoms with E-state index in [9.17, 15) is 0 Å². The summed E-state index contributed by atoms with van der Waals surface area (Å²) in [7, 11) is 0. The summed E-state index contributed by atoms with van der Waals surface area (Å²) in [6.07, 6.45) is 3.17. The van der Waals surface area contributed by atoms with E-state index in [0.717, 1.165) is 0 Å². The standard InChI is InChI=1S/C4H10N2.C2H6/c1-4(6)2-3-5;1-2/h2-4H,5-6H2,1H3;1-2H3/b3-2-;. The number of rotatable bonds is 1. The third-order valence-corrected chi connectivity index (χ3v) is 0.415. The summed E-state index contributed by atoms with van der Waals surface area (Å²) in [4.78, 5) is 0. The first-order valence-electron chi connectivity index (χ1n) is 2.91. The van der Waals surface area contributed by atoms with Crippen molar-refractivity contribution in [2.75, 3.05) is 0 Å². The van der Waals surface area contributed by atoms with E-state index in [4.69, 9.17) is 11.5 Å². The van der Waals surface area contributed by atoms with Crippen LogP contribution < -0.4 is 11.5 Å². The molecule has 0 saturated heterocycles. The maximum absolute atomic E-state index is 5.24. The molecule has 0 radical (unpaired) electrons. The Labute approximate surface area is 51.6 Å². The van der Waals surface area contributed by atoms with Crippen LogP contribution in [0.25, 0.3) is 0 Å². The van der Waals surface area contributed by atoms with E-state index < -0.39 is 0 Å². The van der Waals surface area contributed by atoms with Crippen molar-refractivity contribution >= 4 is 0 Å². The quantitative estimate of drug-likeness (QED) is 0.533. The minimum atomic E-state index is 0.0926. The molecule has 0 aromatic carbocycles. The lowest BCUT2D eigenvalue weighted by molar-refractivity contribution is 0.923. The molecule has 0 aliphatic heterocycles. The Balaban J connectivity index is 0. The topological polar surface area (TPSA) is 52.0 Å². The Morgan fingerprint density at radius 2 is 1.75 bits per heavy atom. The summed E-state index contributed by atoms with van der Waals surface area (Å²) in [5, 5.41) is 0. The van der Waals surface area contributed by atoms with Crippen LogP contribution in [0.15, 0.2) is 12.3 Å². The lowest BCUT2D eigenvalue weighted by Gasteiger charge is -1.88. The molecule has 0 aromatic rings. The van der Waals surface area contributed by atoms with Gasteiger partial charge in [-0.2, -0.15) is 0 Å². The van der Waals surface area contributed by atoms with Crippen molar-refractivity contribution < 1.29 is 0 Å². The molecule has 2 nitrogen and oxygen atoms in total. The van der Waals surface area contributed by atoms with E-state index >= 15 is 0 Å². The second kappa shape index (κ2) is 9.71. The van der Waals surface area contributed by atoms with Crippen molar-refractivity contribution in [2.24, 2.45) is 11.5 Å². The molecule has 4 N–H and O–H groups in total. The van der Waals surface area contributed by atoms with Crippen molar-refractivity contribution in [3.8, 4) is 0 Å². The van der Waals surface area contributed by atoms with E-state index in [0.29, 0.717) is 0 Å². The van der Waals surface area contributed by atoms with Gasteiger partial charge in [0, 0.05) is 6.04 Å². The first-order chi connectivity index (χ1) is 3.77. The highest BCUT2D eigenvalue weighted by atomic mass is 14.6. The summed E-state index contributed by atoms with van der Waals surface area (Å²) >= 11 is 0. The van der Waals surface area contributed by atoms with E-state index in [1.807, 2.05) is 20.8 Å². The predicted molar refractivity (Wildman–Crippen MR) is 38.3 cm³/mol. The van der Waals surface area contributed by atoms with Crippen molar-refractivity contribution in [3.63, 3.8) is 0 Å². The predicted octanol–water partition coefficient (Wildman–Crippen LogP) is 0.832. The molecular weight excluding hydrogens is 100 g/mol. The summed E-state index contributed by atoms with van der Waals surface area (Å²) in [5.41, 5.74) is 10.2. The molecule has 0 aliphatic rings. The molecule has 0 bridgehead atoms. The molecule has 0 heterocycles.